The van der Waals surface area contributed by atoms with Crippen molar-refractivity contribution in [2.45, 2.75) is 26.2 Å². The molecule has 208 valence electrons. The zero-order valence-electron chi connectivity index (χ0n) is 22.7. The Labute approximate surface area is 236 Å². The number of hydrogen-bond donors (Lipinski definition) is 2. The predicted molar refractivity (Wildman–Crippen MR) is 154 cm³/mol. The van der Waals surface area contributed by atoms with Gasteiger partial charge in [-0.05, 0) is 61.0 Å². The van der Waals surface area contributed by atoms with Crippen LogP contribution in [0.1, 0.15) is 29.8 Å². The Morgan fingerprint density at radius 2 is 1.85 bits per heavy atom. The van der Waals surface area contributed by atoms with E-state index in [9.17, 15) is 4.79 Å². The first kappa shape index (κ1) is 26.3. The van der Waals surface area contributed by atoms with Gasteiger partial charge in [0, 0.05) is 30.1 Å². The highest BCUT2D eigenvalue weighted by molar-refractivity contribution is 5.92. The van der Waals surface area contributed by atoms with Crippen LogP contribution in [0.2, 0.25) is 0 Å². The maximum absolute atomic E-state index is 11.8. The lowest BCUT2D eigenvalue weighted by Crippen LogP contribution is -2.17. The van der Waals surface area contributed by atoms with Gasteiger partial charge in [-0.15, -0.1) is 0 Å². The second-order valence-electron chi connectivity index (χ2n) is 9.65. The summed E-state index contributed by atoms with van der Waals surface area (Å²) >= 11 is 0. The van der Waals surface area contributed by atoms with Crippen molar-refractivity contribution in [3.05, 3.63) is 95.9 Å². The molecular weight excluding hydrogens is 522 g/mol. The molecule has 5 aromatic rings. The molecule has 0 radical (unpaired) electrons. The molecule has 1 atom stereocenters. The first-order valence-electron chi connectivity index (χ1n) is 13.1. The van der Waals surface area contributed by atoms with Crippen LogP contribution < -0.4 is 20.5 Å². The third kappa shape index (κ3) is 5.43. The molecule has 1 aliphatic heterocycles. The van der Waals surface area contributed by atoms with E-state index in [1.807, 2.05) is 79.7 Å². The van der Waals surface area contributed by atoms with Gasteiger partial charge >= 0.3 is 0 Å². The zero-order valence-corrected chi connectivity index (χ0v) is 22.7. The molecule has 3 heterocycles. The average Bonchev–Trinajstić information content (AvgIpc) is 3.51. The van der Waals surface area contributed by atoms with E-state index in [0.717, 1.165) is 33.5 Å². The lowest BCUT2D eigenvalue weighted by atomic mass is 10.1. The number of nitrogens with one attached hydrogen (secondary N) is 1. The first-order valence-corrected chi connectivity index (χ1v) is 13.1. The summed E-state index contributed by atoms with van der Waals surface area (Å²) in [6.45, 7) is 2.82. The van der Waals surface area contributed by atoms with Crippen LogP contribution in [0.25, 0.3) is 16.7 Å². The first-order chi connectivity index (χ1) is 20.0. The van der Waals surface area contributed by atoms with Crippen molar-refractivity contribution < 1.29 is 23.7 Å². The number of fused-ring (bicyclic) bond motifs is 3. The number of nitrogen functional groups attached to an aromatic ring is 1. The molecule has 0 spiro atoms. The molecule has 10 heteroatoms. The number of nitrogens with zero attached hydrogens (tertiary/aromatic N) is 3. The van der Waals surface area contributed by atoms with E-state index in [1.54, 1.807) is 0 Å². The molecule has 41 heavy (non-hydrogen) atoms. The molecule has 1 amide bonds. The summed E-state index contributed by atoms with van der Waals surface area (Å²) in [6, 6.07) is 22.7. The summed E-state index contributed by atoms with van der Waals surface area (Å²) in [5.74, 6) is 2.19. The minimum absolute atomic E-state index is 0.000691. The summed E-state index contributed by atoms with van der Waals surface area (Å²) in [4.78, 5) is 20.5. The molecule has 2 aromatic heterocycles. The van der Waals surface area contributed by atoms with Gasteiger partial charge in [-0.3, -0.25) is 4.79 Å². The molecule has 1 aliphatic rings. The number of amides is 1. The summed E-state index contributed by atoms with van der Waals surface area (Å²) in [5, 5.41) is 2.80. The second-order valence-corrected chi connectivity index (χ2v) is 9.65. The van der Waals surface area contributed by atoms with E-state index in [-0.39, 0.29) is 18.6 Å². The van der Waals surface area contributed by atoms with Crippen LogP contribution in [0.3, 0.4) is 0 Å². The lowest BCUT2D eigenvalue weighted by Gasteiger charge is -2.13. The molecular formula is C31H29N5O5. The van der Waals surface area contributed by atoms with Crippen LogP contribution in [0.5, 0.6) is 17.2 Å². The van der Waals surface area contributed by atoms with Crippen molar-refractivity contribution in [3.63, 3.8) is 0 Å². The van der Waals surface area contributed by atoms with E-state index < -0.39 is 0 Å². The van der Waals surface area contributed by atoms with Gasteiger partial charge in [0.1, 0.15) is 47.8 Å². The third-order valence-corrected chi connectivity index (χ3v) is 6.81. The zero-order chi connectivity index (χ0) is 28.3. The highest BCUT2D eigenvalue weighted by Gasteiger charge is 2.30. The maximum Gasteiger partial charge on any atom is 0.250 e. The molecule has 0 saturated carbocycles. The summed E-state index contributed by atoms with van der Waals surface area (Å²) in [6.07, 6.45) is 1.43. The van der Waals surface area contributed by atoms with Gasteiger partial charge in [0.05, 0.1) is 18.4 Å². The van der Waals surface area contributed by atoms with Crippen LogP contribution >= 0.6 is 0 Å². The van der Waals surface area contributed by atoms with E-state index in [2.05, 4.69) is 19.9 Å². The molecule has 0 aliphatic carbocycles. The van der Waals surface area contributed by atoms with Crippen LogP contribution in [0.15, 0.2) is 79.1 Å². The number of benzene rings is 3. The standard InChI is InChI=1S/C31H29N5O5/c1-19-28-26(16-39-19)36(30-29(28)33-18-34-31(30)32)22-9-11-23(12-10-22)41-25-8-4-7-24(14-25)40-15-20-5-3-6-21(13-20)35-27(37)17-38-2/h3-14,18-19H,15-17H2,1-2H3,(H,35,37)(H2,32,33,34). The summed E-state index contributed by atoms with van der Waals surface area (Å²) in [7, 11) is 1.48. The molecule has 6 rings (SSSR count). The molecule has 3 aromatic carbocycles. The van der Waals surface area contributed by atoms with Gasteiger partial charge in [-0.25, -0.2) is 9.97 Å². The number of methoxy groups -OCH3 is 1. The van der Waals surface area contributed by atoms with Gasteiger partial charge in [0.25, 0.3) is 0 Å². The fourth-order valence-corrected chi connectivity index (χ4v) is 5.00. The Morgan fingerprint density at radius 1 is 1.05 bits per heavy atom. The predicted octanol–water partition coefficient (Wildman–Crippen LogP) is 5.55. The van der Waals surface area contributed by atoms with Gasteiger partial charge in [0.15, 0.2) is 5.82 Å². The highest BCUT2D eigenvalue weighted by atomic mass is 16.5. The Morgan fingerprint density at radius 3 is 2.68 bits per heavy atom. The summed E-state index contributed by atoms with van der Waals surface area (Å²) < 4.78 is 24.9. The Kier molecular flexibility index (Phi) is 7.24. The third-order valence-electron chi connectivity index (χ3n) is 6.81. The number of nitrogens with two attached hydrogens (primary N) is 1. The normalized spacial score (nSPS) is 14.1. The number of aromatic nitrogens is 3. The fourth-order valence-electron chi connectivity index (χ4n) is 5.00. The van der Waals surface area contributed by atoms with Crippen LogP contribution in [-0.4, -0.2) is 34.2 Å². The molecule has 0 bridgehead atoms. The molecule has 0 saturated heterocycles. The van der Waals surface area contributed by atoms with Crippen molar-refractivity contribution in [2.75, 3.05) is 24.8 Å². The van der Waals surface area contributed by atoms with Gasteiger partial charge in [-0.2, -0.15) is 0 Å². The molecule has 3 N–H and O–H groups in total. The van der Waals surface area contributed by atoms with Crippen LogP contribution in [-0.2, 0) is 27.5 Å². The number of ether oxygens (including phenoxy) is 4. The minimum Gasteiger partial charge on any atom is -0.489 e. The lowest BCUT2D eigenvalue weighted by molar-refractivity contribution is -0.119. The Balaban J connectivity index is 1.15. The quantitative estimate of drug-likeness (QED) is 0.244. The molecule has 1 unspecified atom stereocenters. The SMILES string of the molecule is COCC(=O)Nc1cccc(COc2cccc(Oc3ccc(-n4c5c(c6ncnc(N)c64)C(C)OC5)cc3)c2)c1. The topological polar surface area (TPSA) is 123 Å². The number of hydrogen-bond acceptors (Lipinski definition) is 8. The van der Waals surface area contributed by atoms with Crippen molar-refractivity contribution in [2.24, 2.45) is 0 Å². The average molecular weight is 552 g/mol. The van der Waals surface area contributed by atoms with Crippen molar-refractivity contribution in [1.29, 1.82) is 0 Å². The van der Waals surface area contributed by atoms with Crippen molar-refractivity contribution in [3.8, 4) is 22.9 Å². The summed E-state index contributed by atoms with van der Waals surface area (Å²) in [5.41, 5.74) is 12.5. The monoisotopic (exact) mass is 551 g/mol. The van der Waals surface area contributed by atoms with E-state index in [4.69, 9.17) is 24.7 Å². The van der Waals surface area contributed by atoms with Gasteiger partial charge in [-0.1, -0.05) is 18.2 Å². The van der Waals surface area contributed by atoms with Gasteiger partial charge < -0.3 is 34.6 Å². The van der Waals surface area contributed by atoms with E-state index >= 15 is 0 Å². The van der Waals surface area contributed by atoms with Crippen LogP contribution in [0.4, 0.5) is 11.5 Å². The number of carbonyl (C=O) groups is 1. The fraction of sp³-hybridized carbons (Fsp3) is 0.194. The Bertz CT molecular complexity index is 1720. The largest absolute Gasteiger partial charge is 0.489 e. The van der Waals surface area contributed by atoms with Gasteiger partial charge in [0.2, 0.25) is 5.91 Å². The smallest absolute Gasteiger partial charge is 0.250 e. The highest BCUT2D eigenvalue weighted by Crippen LogP contribution is 2.41. The molecule has 10 nitrogen and oxygen atoms in total. The van der Waals surface area contributed by atoms with E-state index in [1.165, 1.54) is 13.4 Å². The Hall–Kier alpha value is -4.93. The minimum atomic E-state index is -0.212. The molecule has 0 fully saturated rings. The maximum atomic E-state index is 11.8. The number of rotatable bonds is 9. The second kappa shape index (κ2) is 11.3. The van der Waals surface area contributed by atoms with Crippen molar-refractivity contribution in [1.82, 2.24) is 14.5 Å². The number of carbonyl (C=O) groups excluding carboxylic acids is 1. The van der Waals surface area contributed by atoms with E-state index in [0.29, 0.717) is 42.0 Å². The van der Waals surface area contributed by atoms with Crippen LogP contribution in [0, 0.1) is 0 Å². The van der Waals surface area contributed by atoms with Crippen molar-refractivity contribution >= 4 is 28.4 Å². The number of anilines is 2.